The zero-order valence-corrected chi connectivity index (χ0v) is 20.7. The van der Waals surface area contributed by atoms with Crippen LogP contribution in [0.3, 0.4) is 0 Å². The van der Waals surface area contributed by atoms with Crippen LogP contribution < -0.4 is 16.0 Å². The molecule has 0 atom stereocenters. The molecule has 7 rings (SSSR count). The highest BCUT2D eigenvalue weighted by Gasteiger charge is 2.51. The maximum atomic E-state index is 13.2. The maximum Gasteiger partial charge on any atom is 0.224 e. The van der Waals surface area contributed by atoms with Crippen LogP contribution in [0.25, 0.3) is 10.9 Å². The molecule has 1 amide bonds. The van der Waals surface area contributed by atoms with Gasteiger partial charge >= 0.3 is 0 Å². The standard InChI is InChI=1S/C30H35N4O2/c35-27-7-2-1-4-23(27)19-31-10-11-32-28-9-8-24-25(33-28)5-3-6-26(24)34-29(36)18-30-15-20-12-21(16-30)14-22(13-20)17-30/h1-9,19-22,31,35H,10-18H2,(H,32,33)(H,34,36). The number of phenols is 1. The molecule has 4 N–H and O–H groups in total. The largest absolute Gasteiger partial charge is 0.508 e. The summed E-state index contributed by atoms with van der Waals surface area (Å²) < 4.78 is 0. The van der Waals surface area contributed by atoms with Gasteiger partial charge in [0.15, 0.2) is 0 Å². The number of carbonyl (C=O) groups excluding carboxylic acids is 1. The molecule has 1 heterocycles. The summed E-state index contributed by atoms with van der Waals surface area (Å²) in [7, 11) is 0. The number of pyridine rings is 1. The maximum absolute atomic E-state index is 13.2. The van der Waals surface area contributed by atoms with Crippen LogP contribution in [-0.2, 0) is 4.79 Å². The fourth-order valence-corrected chi connectivity index (χ4v) is 7.46. The van der Waals surface area contributed by atoms with Crippen LogP contribution >= 0.6 is 0 Å². The summed E-state index contributed by atoms with van der Waals surface area (Å²) in [6, 6.07) is 17.2. The molecular weight excluding hydrogens is 448 g/mol. The van der Waals surface area contributed by atoms with E-state index in [2.05, 4.69) is 16.0 Å². The molecule has 0 aliphatic heterocycles. The number of rotatable bonds is 9. The first-order chi connectivity index (χ1) is 17.6. The second kappa shape index (κ2) is 9.74. The van der Waals surface area contributed by atoms with Crippen molar-refractivity contribution in [3.05, 3.63) is 66.7 Å². The van der Waals surface area contributed by atoms with E-state index in [1.807, 2.05) is 49.0 Å². The van der Waals surface area contributed by atoms with Gasteiger partial charge in [-0.3, -0.25) is 4.79 Å². The number of nitrogens with one attached hydrogen (secondary N) is 3. The fourth-order valence-electron chi connectivity index (χ4n) is 7.46. The van der Waals surface area contributed by atoms with Crippen LogP contribution in [0.5, 0.6) is 5.75 Å². The number of fused-ring (bicyclic) bond motifs is 1. The van der Waals surface area contributed by atoms with Crippen molar-refractivity contribution in [2.24, 2.45) is 23.2 Å². The van der Waals surface area contributed by atoms with Crippen LogP contribution in [0.4, 0.5) is 11.5 Å². The SMILES string of the molecule is O=C(CC12CC3CC(CC(C3)C1)C2)Nc1cccc2nc(NCCN[CH]c3ccccc3O)ccc12. The number of phenolic OH excluding ortho intramolecular Hbond substituents is 1. The predicted molar refractivity (Wildman–Crippen MR) is 144 cm³/mol. The van der Waals surface area contributed by atoms with Crippen LogP contribution in [0.1, 0.15) is 50.5 Å². The summed E-state index contributed by atoms with van der Waals surface area (Å²) in [6.07, 6.45) is 8.60. The van der Waals surface area contributed by atoms with Crippen LogP contribution in [-0.4, -0.2) is 29.1 Å². The average Bonchev–Trinajstić information content (AvgIpc) is 2.84. The molecule has 6 heteroatoms. The van der Waals surface area contributed by atoms with Gasteiger partial charge in [-0.15, -0.1) is 0 Å². The Kier molecular flexibility index (Phi) is 6.30. The Balaban J connectivity index is 1.04. The normalized spacial score (nSPS) is 26.3. The molecule has 4 bridgehead atoms. The van der Waals surface area contributed by atoms with Crippen molar-refractivity contribution in [1.82, 2.24) is 10.3 Å². The van der Waals surface area contributed by atoms with E-state index in [0.717, 1.165) is 45.7 Å². The predicted octanol–water partition coefficient (Wildman–Crippen LogP) is 5.70. The molecule has 187 valence electrons. The van der Waals surface area contributed by atoms with E-state index < -0.39 is 0 Å². The molecule has 4 fully saturated rings. The van der Waals surface area contributed by atoms with Crippen LogP contribution in [0.2, 0.25) is 0 Å². The third-order valence-electron chi connectivity index (χ3n) is 8.48. The second-order valence-corrected chi connectivity index (χ2v) is 11.3. The number of benzene rings is 2. The monoisotopic (exact) mass is 483 g/mol. The Morgan fingerprint density at radius 3 is 2.44 bits per heavy atom. The zero-order chi connectivity index (χ0) is 24.5. The van der Waals surface area contributed by atoms with Gasteiger partial charge in [-0.25, -0.2) is 4.98 Å². The smallest absolute Gasteiger partial charge is 0.224 e. The lowest BCUT2D eigenvalue weighted by atomic mass is 9.49. The molecule has 1 aromatic heterocycles. The molecule has 1 radical (unpaired) electrons. The zero-order valence-electron chi connectivity index (χ0n) is 20.7. The van der Waals surface area contributed by atoms with Crippen molar-refractivity contribution >= 4 is 28.3 Å². The minimum absolute atomic E-state index is 0.151. The van der Waals surface area contributed by atoms with E-state index >= 15 is 0 Å². The Labute approximate surface area is 212 Å². The van der Waals surface area contributed by atoms with Gasteiger partial charge in [-0.2, -0.15) is 0 Å². The molecule has 0 spiro atoms. The lowest BCUT2D eigenvalue weighted by Gasteiger charge is -2.56. The summed E-state index contributed by atoms with van der Waals surface area (Å²) in [5.41, 5.74) is 2.71. The molecule has 2 aromatic carbocycles. The molecule has 0 saturated heterocycles. The quantitative estimate of drug-likeness (QED) is 0.294. The van der Waals surface area contributed by atoms with Gasteiger partial charge in [-0.1, -0.05) is 24.3 Å². The Morgan fingerprint density at radius 2 is 1.69 bits per heavy atom. The van der Waals surface area contributed by atoms with E-state index in [-0.39, 0.29) is 17.1 Å². The highest BCUT2D eigenvalue weighted by Crippen LogP contribution is 2.61. The van der Waals surface area contributed by atoms with Crippen molar-refractivity contribution in [1.29, 1.82) is 0 Å². The molecular formula is C30H35N4O2. The lowest BCUT2D eigenvalue weighted by molar-refractivity contribution is -0.124. The number of nitrogens with zero attached hydrogens (tertiary/aromatic N) is 1. The highest BCUT2D eigenvalue weighted by molar-refractivity contribution is 6.01. The second-order valence-electron chi connectivity index (χ2n) is 11.3. The minimum Gasteiger partial charge on any atom is -0.508 e. The average molecular weight is 484 g/mol. The minimum atomic E-state index is 0.151. The summed E-state index contributed by atoms with van der Waals surface area (Å²) in [5.74, 6) is 3.78. The van der Waals surface area contributed by atoms with Gasteiger partial charge in [0, 0.05) is 30.5 Å². The van der Waals surface area contributed by atoms with Crippen molar-refractivity contribution in [3.63, 3.8) is 0 Å². The Bertz CT molecular complexity index is 1220. The molecule has 4 saturated carbocycles. The Hall–Kier alpha value is -3.12. The number of aromatic nitrogens is 1. The lowest BCUT2D eigenvalue weighted by Crippen LogP contribution is -2.47. The van der Waals surface area contributed by atoms with Crippen molar-refractivity contribution in [3.8, 4) is 5.75 Å². The third-order valence-corrected chi connectivity index (χ3v) is 8.48. The molecule has 0 unspecified atom stereocenters. The molecule has 4 aliphatic carbocycles. The number of anilines is 2. The van der Waals surface area contributed by atoms with Gasteiger partial charge in [0.1, 0.15) is 11.6 Å². The highest BCUT2D eigenvalue weighted by atomic mass is 16.3. The number of aromatic hydroxyl groups is 1. The molecule has 6 nitrogen and oxygen atoms in total. The van der Waals surface area contributed by atoms with Gasteiger partial charge in [0.2, 0.25) is 5.91 Å². The number of amides is 1. The van der Waals surface area contributed by atoms with Gasteiger partial charge in [-0.05, 0) is 92.0 Å². The Morgan fingerprint density at radius 1 is 0.944 bits per heavy atom. The number of hydrogen-bond donors (Lipinski definition) is 4. The number of carbonyl (C=O) groups is 1. The number of hydrogen-bond acceptors (Lipinski definition) is 5. The third kappa shape index (κ3) is 4.92. The molecule has 36 heavy (non-hydrogen) atoms. The van der Waals surface area contributed by atoms with E-state index in [0.29, 0.717) is 19.5 Å². The van der Waals surface area contributed by atoms with Crippen LogP contribution in [0, 0.1) is 29.7 Å². The topological polar surface area (TPSA) is 86.3 Å². The van der Waals surface area contributed by atoms with Gasteiger partial charge in [0.25, 0.3) is 0 Å². The van der Waals surface area contributed by atoms with Crippen molar-refractivity contribution < 1.29 is 9.90 Å². The van der Waals surface area contributed by atoms with Gasteiger partial charge < -0.3 is 21.1 Å². The van der Waals surface area contributed by atoms with Crippen molar-refractivity contribution in [2.75, 3.05) is 23.7 Å². The fraction of sp³-hybridized carbons (Fsp3) is 0.433. The van der Waals surface area contributed by atoms with E-state index in [1.165, 1.54) is 38.5 Å². The van der Waals surface area contributed by atoms with E-state index in [4.69, 9.17) is 4.98 Å². The van der Waals surface area contributed by atoms with Gasteiger partial charge in [0.05, 0.1) is 17.7 Å². The molecule has 3 aromatic rings. The summed E-state index contributed by atoms with van der Waals surface area (Å²) in [5, 5.41) is 20.6. The summed E-state index contributed by atoms with van der Waals surface area (Å²) in [4.78, 5) is 17.9. The van der Waals surface area contributed by atoms with E-state index in [9.17, 15) is 9.90 Å². The first-order valence-corrected chi connectivity index (χ1v) is 13.3. The van der Waals surface area contributed by atoms with Crippen LogP contribution in [0.15, 0.2) is 54.6 Å². The number of para-hydroxylation sites is 1. The summed E-state index contributed by atoms with van der Waals surface area (Å²) in [6.45, 7) is 3.18. The first-order valence-electron chi connectivity index (χ1n) is 13.3. The summed E-state index contributed by atoms with van der Waals surface area (Å²) >= 11 is 0. The van der Waals surface area contributed by atoms with Crippen molar-refractivity contribution in [2.45, 2.75) is 44.9 Å². The van der Waals surface area contributed by atoms with E-state index in [1.54, 1.807) is 12.1 Å². The first kappa shape index (κ1) is 23.3. The molecule has 4 aliphatic rings.